The van der Waals surface area contributed by atoms with Gasteiger partial charge in [0.2, 0.25) is 0 Å². The van der Waals surface area contributed by atoms with Gasteiger partial charge in [-0.2, -0.15) is 0 Å². The first-order chi connectivity index (χ1) is 12.8. The average Bonchev–Trinajstić information content (AvgIpc) is 2.70. The van der Waals surface area contributed by atoms with Gasteiger partial charge in [-0.05, 0) is 48.4 Å². The predicted molar refractivity (Wildman–Crippen MR) is 103 cm³/mol. The lowest BCUT2D eigenvalue weighted by molar-refractivity contribution is 0.475. The number of pyridine rings is 1. The predicted octanol–water partition coefficient (Wildman–Crippen LogP) is 4.05. The van der Waals surface area contributed by atoms with Gasteiger partial charge < -0.3 is 10.4 Å². The van der Waals surface area contributed by atoms with E-state index >= 15 is 0 Å². The van der Waals surface area contributed by atoms with Gasteiger partial charge in [-0.3, -0.25) is 4.98 Å². The maximum absolute atomic E-state index is 9.38. The number of anilines is 1. The van der Waals surface area contributed by atoms with Crippen molar-refractivity contribution < 1.29 is 5.11 Å². The summed E-state index contributed by atoms with van der Waals surface area (Å²) in [6.45, 7) is 0.738. The highest BCUT2D eigenvalue weighted by atomic mass is 16.3. The second kappa shape index (κ2) is 7.19. The second-order valence-electron chi connectivity index (χ2n) is 5.99. The van der Waals surface area contributed by atoms with Crippen molar-refractivity contribution in [2.45, 2.75) is 6.42 Å². The van der Waals surface area contributed by atoms with Crippen molar-refractivity contribution in [1.29, 1.82) is 0 Å². The van der Waals surface area contributed by atoms with E-state index in [1.165, 1.54) is 0 Å². The van der Waals surface area contributed by atoms with Gasteiger partial charge in [-0.1, -0.05) is 24.3 Å². The SMILES string of the molecule is Oc1ccc(CCNc2nc(-c3ccncc3)nc3ccccc23)cc1. The van der Waals surface area contributed by atoms with Crippen molar-refractivity contribution in [2.75, 3.05) is 11.9 Å². The molecule has 128 valence electrons. The Morgan fingerprint density at radius 3 is 2.42 bits per heavy atom. The van der Waals surface area contributed by atoms with E-state index in [9.17, 15) is 5.11 Å². The summed E-state index contributed by atoms with van der Waals surface area (Å²) in [5.41, 5.74) is 3.00. The third-order valence-corrected chi connectivity index (χ3v) is 4.18. The molecular formula is C21H18N4O. The van der Waals surface area contributed by atoms with Crippen LogP contribution in [0.25, 0.3) is 22.3 Å². The van der Waals surface area contributed by atoms with Crippen molar-refractivity contribution in [3.63, 3.8) is 0 Å². The number of benzene rings is 2. The molecule has 2 aromatic carbocycles. The molecule has 4 rings (SSSR count). The van der Waals surface area contributed by atoms with Crippen LogP contribution in [0, 0.1) is 0 Å². The van der Waals surface area contributed by atoms with Gasteiger partial charge in [0.15, 0.2) is 5.82 Å². The number of hydrogen-bond acceptors (Lipinski definition) is 5. The Labute approximate surface area is 151 Å². The quantitative estimate of drug-likeness (QED) is 0.572. The number of phenols is 1. The zero-order chi connectivity index (χ0) is 17.8. The number of hydrogen-bond donors (Lipinski definition) is 2. The summed E-state index contributed by atoms with van der Waals surface area (Å²) in [7, 11) is 0. The van der Waals surface area contributed by atoms with Crippen molar-refractivity contribution in [1.82, 2.24) is 15.0 Å². The van der Waals surface area contributed by atoms with Gasteiger partial charge in [0.1, 0.15) is 11.6 Å². The van der Waals surface area contributed by atoms with Gasteiger partial charge in [0.25, 0.3) is 0 Å². The van der Waals surface area contributed by atoms with Crippen LogP contribution in [0.1, 0.15) is 5.56 Å². The molecule has 2 heterocycles. The number of rotatable bonds is 5. The van der Waals surface area contributed by atoms with E-state index in [4.69, 9.17) is 4.98 Å². The van der Waals surface area contributed by atoms with Crippen LogP contribution in [0.15, 0.2) is 73.1 Å². The lowest BCUT2D eigenvalue weighted by atomic mass is 10.1. The van der Waals surface area contributed by atoms with Gasteiger partial charge >= 0.3 is 0 Å². The Hall–Kier alpha value is -3.47. The largest absolute Gasteiger partial charge is 0.508 e. The molecule has 0 amide bonds. The summed E-state index contributed by atoms with van der Waals surface area (Å²) in [5, 5.41) is 13.8. The maximum Gasteiger partial charge on any atom is 0.162 e. The van der Waals surface area contributed by atoms with Gasteiger partial charge in [0.05, 0.1) is 5.52 Å². The number of aromatic nitrogens is 3. The van der Waals surface area contributed by atoms with Crippen molar-refractivity contribution >= 4 is 16.7 Å². The van der Waals surface area contributed by atoms with Gasteiger partial charge in [-0.15, -0.1) is 0 Å². The summed E-state index contributed by atoms with van der Waals surface area (Å²) < 4.78 is 0. The van der Waals surface area contributed by atoms with Gasteiger partial charge in [0, 0.05) is 29.9 Å². The fraction of sp³-hybridized carbons (Fsp3) is 0.0952. The molecule has 0 radical (unpaired) electrons. The fourth-order valence-corrected chi connectivity index (χ4v) is 2.83. The summed E-state index contributed by atoms with van der Waals surface area (Å²) in [5.74, 6) is 1.78. The fourth-order valence-electron chi connectivity index (χ4n) is 2.83. The summed E-state index contributed by atoms with van der Waals surface area (Å²) in [4.78, 5) is 13.5. The van der Waals surface area contributed by atoms with Crippen LogP contribution in [-0.2, 0) is 6.42 Å². The van der Waals surface area contributed by atoms with E-state index in [2.05, 4.69) is 15.3 Å². The second-order valence-corrected chi connectivity index (χ2v) is 5.99. The third-order valence-electron chi connectivity index (χ3n) is 4.18. The van der Waals surface area contributed by atoms with Crippen molar-refractivity contribution in [2.24, 2.45) is 0 Å². The molecule has 26 heavy (non-hydrogen) atoms. The van der Waals surface area contributed by atoms with E-state index in [0.29, 0.717) is 5.82 Å². The van der Waals surface area contributed by atoms with Crippen LogP contribution in [0.2, 0.25) is 0 Å². The average molecular weight is 342 g/mol. The van der Waals surface area contributed by atoms with Crippen molar-refractivity contribution in [3.8, 4) is 17.1 Å². The maximum atomic E-state index is 9.38. The Bertz CT molecular complexity index is 1020. The molecule has 0 aliphatic heterocycles. The first-order valence-electron chi connectivity index (χ1n) is 8.48. The summed E-state index contributed by atoms with van der Waals surface area (Å²) in [6.07, 6.45) is 4.32. The zero-order valence-electron chi connectivity index (χ0n) is 14.1. The van der Waals surface area contributed by atoms with Crippen LogP contribution in [0.5, 0.6) is 5.75 Å². The van der Waals surface area contributed by atoms with Crippen molar-refractivity contribution in [3.05, 3.63) is 78.6 Å². The number of nitrogens with zero attached hydrogens (tertiary/aromatic N) is 3. The molecule has 0 saturated heterocycles. The monoisotopic (exact) mass is 342 g/mol. The molecule has 0 spiro atoms. The highest BCUT2D eigenvalue weighted by Gasteiger charge is 2.09. The number of phenolic OH excluding ortho intramolecular Hbond substituents is 1. The molecule has 2 N–H and O–H groups in total. The first kappa shape index (κ1) is 16.0. The molecule has 0 saturated carbocycles. The topological polar surface area (TPSA) is 70.9 Å². The Morgan fingerprint density at radius 1 is 0.846 bits per heavy atom. The number of fused-ring (bicyclic) bond motifs is 1. The van der Waals surface area contributed by atoms with Crippen LogP contribution >= 0.6 is 0 Å². The minimum absolute atomic E-state index is 0.283. The smallest absolute Gasteiger partial charge is 0.162 e. The molecule has 0 unspecified atom stereocenters. The standard InChI is InChI=1S/C21H18N4O/c26-17-7-5-15(6-8-17)9-14-23-21-18-3-1-2-4-19(18)24-20(25-21)16-10-12-22-13-11-16/h1-8,10-13,26H,9,14H2,(H,23,24,25). The number of para-hydroxylation sites is 1. The minimum Gasteiger partial charge on any atom is -0.508 e. The van der Waals surface area contributed by atoms with E-state index in [-0.39, 0.29) is 5.75 Å². The number of nitrogens with one attached hydrogen (secondary N) is 1. The van der Waals surface area contributed by atoms with E-state index in [0.717, 1.165) is 40.8 Å². The molecule has 0 atom stereocenters. The highest BCUT2D eigenvalue weighted by Crippen LogP contribution is 2.24. The molecular weight excluding hydrogens is 324 g/mol. The van der Waals surface area contributed by atoms with E-state index < -0.39 is 0 Å². The lowest BCUT2D eigenvalue weighted by Crippen LogP contribution is -2.08. The lowest BCUT2D eigenvalue weighted by Gasteiger charge is -2.11. The number of aromatic hydroxyl groups is 1. The van der Waals surface area contributed by atoms with Crippen LogP contribution < -0.4 is 5.32 Å². The van der Waals surface area contributed by atoms with E-state index in [1.54, 1.807) is 24.5 Å². The summed E-state index contributed by atoms with van der Waals surface area (Å²) in [6, 6.07) is 19.1. The molecule has 5 heteroatoms. The first-order valence-corrected chi connectivity index (χ1v) is 8.48. The molecule has 0 bridgehead atoms. The van der Waals surface area contributed by atoms with E-state index in [1.807, 2.05) is 48.5 Å². The molecule has 0 aliphatic carbocycles. The minimum atomic E-state index is 0.283. The Balaban J connectivity index is 1.61. The van der Waals surface area contributed by atoms with Crippen LogP contribution in [-0.4, -0.2) is 26.6 Å². The molecule has 2 aromatic heterocycles. The molecule has 5 nitrogen and oxygen atoms in total. The van der Waals surface area contributed by atoms with Crippen LogP contribution in [0.3, 0.4) is 0 Å². The third kappa shape index (κ3) is 3.47. The highest BCUT2D eigenvalue weighted by molar-refractivity contribution is 5.90. The van der Waals surface area contributed by atoms with Gasteiger partial charge in [-0.25, -0.2) is 9.97 Å². The molecule has 0 aliphatic rings. The summed E-state index contributed by atoms with van der Waals surface area (Å²) >= 11 is 0. The molecule has 4 aromatic rings. The normalized spacial score (nSPS) is 10.8. The van der Waals surface area contributed by atoms with Crippen LogP contribution in [0.4, 0.5) is 5.82 Å². The zero-order valence-corrected chi connectivity index (χ0v) is 14.1. The Morgan fingerprint density at radius 2 is 1.62 bits per heavy atom. The Kier molecular flexibility index (Phi) is 4.43. The molecule has 0 fully saturated rings.